The minimum atomic E-state index is -0.541. The van der Waals surface area contributed by atoms with E-state index in [1.807, 2.05) is 0 Å². The number of nitro groups is 1. The first-order valence-corrected chi connectivity index (χ1v) is 4.23. The highest BCUT2D eigenvalue weighted by molar-refractivity contribution is 5.63. The predicted octanol–water partition coefficient (Wildman–Crippen LogP) is 1.06. The van der Waals surface area contributed by atoms with Crippen LogP contribution in [0.2, 0.25) is 0 Å². The summed E-state index contributed by atoms with van der Waals surface area (Å²) < 4.78 is 10.1. The van der Waals surface area contributed by atoms with Crippen LogP contribution in [0.15, 0.2) is 12.1 Å². The zero-order valence-corrected chi connectivity index (χ0v) is 7.63. The topological polar surface area (TPSA) is 78.7 Å². The van der Waals surface area contributed by atoms with Crippen molar-refractivity contribution in [2.24, 2.45) is 0 Å². The number of rotatable bonds is 3. The molecule has 0 radical (unpaired) electrons. The number of fused-ring (bicyclic) bond motifs is 1. The van der Waals surface area contributed by atoms with E-state index in [9.17, 15) is 14.9 Å². The Morgan fingerprint density at radius 2 is 2.07 bits per heavy atom. The van der Waals surface area contributed by atoms with Crippen molar-refractivity contribution < 1.29 is 19.2 Å². The van der Waals surface area contributed by atoms with Crippen LogP contribution in [0.1, 0.15) is 5.56 Å². The molecule has 0 bridgehead atoms. The molecular formula is C9H7NO5. The molecule has 1 aliphatic rings. The highest BCUT2D eigenvalue weighted by Crippen LogP contribution is 2.37. The summed E-state index contributed by atoms with van der Waals surface area (Å²) in [5.41, 5.74) is 0.214. The van der Waals surface area contributed by atoms with E-state index in [-0.39, 0.29) is 18.9 Å². The molecule has 1 heterocycles. The molecule has 0 unspecified atom stereocenters. The van der Waals surface area contributed by atoms with Crippen molar-refractivity contribution in [1.82, 2.24) is 0 Å². The van der Waals surface area contributed by atoms with Crippen LogP contribution in [-0.2, 0) is 11.2 Å². The summed E-state index contributed by atoms with van der Waals surface area (Å²) in [6.07, 6.45) is 0.609. The molecule has 0 amide bonds. The summed E-state index contributed by atoms with van der Waals surface area (Å²) in [4.78, 5) is 20.5. The van der Waals surface area contributed by atoms with Crippen molar-refractivity contribution >= 4 is 12.0 Å². The molecule has 0 aliphatic carbocycles. The normalized spacial score (nSPS) is 12.5. The zero-order chi connectivity index (χ0) is 10.8. The van der Waals surface area contributed by atoms with E-state index >= 15 is 0 Å². The highest BCUT2D eigenvalue weighted by atomic mass is 16.7. The van der Waals surface area contributed by atoms with Gasteiger partial charge in [-0.25, -0.2) is 0 Å². The largest absolute Gasteiger partial charge is 0.454 e. The molecule has 0 saturated carbocycles. The second-order valence-electron chi connectivity index (χ2n) is 2.96. The zero-order valence-electron chi connectivity index (χ0n) is 7.63. The van der Waals surface area contributed by atoms with Crippen LogP contribution in [-0.4, -0.2) is 18.0 Å². The van der Waals surface area contributed by atoms with Gasteiger partial charge < -0.3 is 14.3 Å². The van der Waals surface area contributed by atoms with Crippen molar-refractivity contribution in [3.63, 3.8) is 0 Å². The summed E-state index contributed by atoms with van der Waals surface area (Å²) >= 11 is 0. The van der Waals surface area contributed by atoms with Crippen molar-refractivity contribution in [2.45, 2.75) is 6.42 Å². The van der Waals surface area contributed by atoms with Crippen LogP contribution in [0.4, 0.5) is 5.69 Å². The fraction of sp³-hybridized carbons (Fsp3) is 0.222. The van der Waals surface area contributed by atoms with Gasteiger partial charge in [-0.2, -0.15) is 0 Å². The van der Waals surface area contributed by atoms with Gasteiger partial charge in [0.2, 0.25) is 6.79 Å². The molecule has 2 rings (SSSR count). The van der Waals surface area contributed by atoms with Crippen LogP contribution in [0.25, 0.3) is 0 Å². The van der Waals surface area contributed by atoms with E-state index in [4.69, 9.17) is 9.47 Å². The van der Waals surface area contributed by atoms with Crippen molar-refractivity contribution in [1.29, 1.82) is 0 Å². The van der Waals surface area contributed by atoms with Crippen molar-refractivity contribution in [2.75, 3.05) is 6.79 Å². The molecule has 15 heavy (non-hydrogen) atoms. The fourth-order valence-corrected chi connectivity index (χ4v) is 1.40. The van der Waals surface area contributed by atoms with Gasteiger partial charge in [-0.1, -0.05) is 0 Å². The van der Waals surface area contributed by atoms with Crippen LogP contribution >= 0.6 is 0 Å². The maximum Gasteiger partial charge on any atom is 0.277 e. The summed E-state index contributed by atoms with van der Waals surface area (Å²) in [6, 6.07) is 2.75. The van der Waals surface area contributed by atoms with Gasteiger partial charge in [0.15, 0.2) is 11.5 Å². The van der Waals surface area contributed by atoms with Gasteiger partial charge in [-0.15, -0.1) is 0 Å². The Bertz CT molecular complexity index is 429. The maximum absolute atomic E-state index is 10.7. The SMILES string of the molecule is O=CCc1cc2c(cc1[N+](=O)[O-])OCO2. The lowest BCUT2D eigenvalue weighted by Gasteiger charge is -2.01. The van der Waals surface area contributed by atoms with Gasteiger partial charge in [-0.3, -0.25) is 10.1 Å². The third-order valence-electron chi connectivity index (χ3n) is 2.07. The van der Waals surface area contributed by atoms with Crippen LogP contribution in [0.5, 0.6) is 11.5 Å². The number of carbonyl (C=O) groups is 1. The maximum atomic E-state index is 10.7. The fourth-order valence-electron chi connectivity index (χ4n) is 1.40. The summed E-state index contributed by atoms with van der Waals surface area (Å²) in [5.74, 6) is 0.786. The summed E-state index contributed by atoms with van der Waals surface area (Å²) in [6.45, 7) is 0.0526. The molecule has 1 aromatic rings. The molecule has 0 N–H and O–H groups in total. The second kappa shape index (κ2) is 3.56. The Balaban J connectivity index is 2.51. The van der Waals surface area contributed by atoms with Gasteiger partial charge in [0.1, 0.15) is 6.29 Å². The number of nitro benzene ring substituents is 1. The Hall–Kier alpha value is -2.11. The van der Waals surface area contributed by atoms with Crippen molar-refractivity contribution in [3.8, 4) is 11.5 Å². The molecule has 6 heteroatoms. The van der Waals surface area contributed by atoms with Crippen LogP contribution < -0.4 is 9.47 Å². The molecule has 0 atom stereocenters. The van der Waals surface area contributed by atoms with Gasteiger partial charge in [-0.05, 0) is 6.07 Å². The molecule has 0 fully saturated rings. The number of hydrogen-bond acceptors (Lipinski definition) is 5. The van der Waals surface area contributed by atoms with E-state index in [1.54, 1.807) is 0 Å². The highest BCUT2D eigenvalue weighted by Gasteiger charge is 2.22. The number of ether oxygens (including phenoxy) is 2. The smallest absolute Gasteiger partial charge is 0.277 e. The lowest BCUT2D eigenvalue weighted by molar-refractivity contribution is -0.385. The minimum absolute atomic E-state index is 0.00699. The molecule has 0 spiro atoms. The van der Waals surface area contributed by atoms with Crippen molar-refractivity contribution in [3.05, 3.63) is 27.8 Å². The van der Waals surface area contributed by atoms with E-state index in [2.05, 4.69) is 0 Å². The van der Waals surface area contributed by atoms with E-state index in [0.29, 0.717) is 23.3 Å². The average Bonchev–Trinajstić information content (AvgIpc) is 2.63. The molecule has 1 aromatic carbocycles. The van der Waals surface area contributed by atoms with Crippen LogP contribution in [0, 0.1) is 10.1 Å². The first kappa shape index (κ1) is 9.45. The number of aldehydes is 1. The molecular weight excluding hydrogens is 202 g/mol. The number of carbonyl (C=O) groups excluding carboxylic acids is 1. The first-order valence-electron chi connectivity index (χ1n) is 4.23. The van der Waals surface area contributed by atoms with E-state index in [1.165, 1.54) is 12.1 Å². The molecule has 0 saturated heterocycles. The average molecular weight is 209 g/mol. The summed E-state index contributed by atoms with van der Waals surface area (Å²) in [7, 11) is 0. The number of benzene rings is 1. The van der Waals surface area contributed by atoms with E-state index in [0.717, 1.165) is 0 Å². The lowest BCUT2D eigenvalue weighted by Crippen LogP contribution is -1.96. The van der Waals surface area contributed by atoms with Gasteiger partial charge >= 0.3 is 0 Å². The minimum Gasteiger partial charge on any atom is -0.454 e. The Kier molecular flexibility index (Phi) is 2.24. The quantitative estimate of drug-likeness (QED) is 0.422. The van der Waals surface area contributed by atoms with E-state index < -0.39 is 4.92 Å². The lowest BCUT2D eigenvalue weighted by atomic mass is 10.1. The van der Waals surface area contributed by atoms with Gasteiger partial charge in [0.25, 0.3) is 5.69 Å². The Labute approximate surface area is 84.6 Å². The number of hydrogen-bond donors (Lipinski definition) is 0. The van der Waals surface area contributed by atoms with Crippen LogP contribution in [0.3, 0.4) is 0 Å². The summed E-state index contributed by atoms with van der Waals surface area (Å²) in [5, 5.41) is 10.7. The molecule has 6 nitrogen and oxygen atoms in total. The monoisotopic (exact) mass is 209 g/mol. The standard InChI is InChI=1S/C9H7NO5/c11-2-1-6-3-8-9(15-5-14-8)4-7(6)10(12)13/h2-4H,1,5H2. The third-order valence-corrected chi connectivity index (χ3v) is 2.07. The molecule has 78 valence electrons. The third kappa shape index (κ3) is 1.61. The Morgan fingerprint density at radius 1 is 1.40 bits per heavy atom. The van der Waals surface area contributed by atoms with Gasteiger partial charge in [0.05, 0.1) is 11.0 Å². The second-order valence-corrected chi connectivity index (χ2v) is 2.96. The number of nitrogens with zero attached hydrogens (tertiary/aromatic N) is 1. The molecule has 0 aromatic heterocycles. The predicted molar refractivity (Wildman–Crippen MR) is 49.0 cm³/mol. The Morgan fingerprint density at radius 3 is 2.67 bits per heavy atom. The molecule has 1 aliphatic heterocycles. The van der Waals surface area contributed by atoms with Gasteiger partial charge in [0, 0.05) is 12.0 Å². The first-order chi connectivity index (χ1) is 7.22.